The number of carbonyl (C=O) groups excluding carboxylic acids is 1. The molecule has 0 bridgehead atoms. The van der Waals surface area contributed by atoms with Gasteiger partial charge in [0.1, 0.15) is 12.4 Å². The minimum Gasteiger partial charge on any atom is -0.489 e. The Labute approximate surface area is 211 Å². The van der Waals surface area contributed by atoms with Gasteiger partial charge in [0.15, 0.2) is 15.8 Å². The first kappa shape index (κ1) is 21.7. The van der Waals surface area contributed by atoms with Crippen LogP contribution in [-0.4, -0.2) is 17.0 Å². The molecule has 0 aliphatic carbocycles. The van der Waals surface area contributed by atoms with Crippen LogP contribution in [0.25, 0.3) is 16.8 Å². The molecule has 0 radical (unpaired) electrons. The van der Waals surface area contributed by atoms with Gasteiger partial charge < -0.3 is 14.2 Å². The van der Waals surface area contributed by atoms with E-state index in [1.54, 1.807) is 12.1 Å². The van der Waals surface area contributed by atoms with Crippen molar-refractivity contribution < 1.29 is 19.0 Å². The molecule has 0 aromatic heterocycles. The second-order valence-electron chi connectivity index (χ2n) is 8.09. The van der Waals surface area contributed by atoms with Gasteiger partial charge >= 0.3 is 0 Å². The Bertz CT molecular complexity index is 1500. The predicted octanol–water partition coefficient (Wildman–Crippen LogP) is 6.55. The van der Waals surface area contributed by atoms with Crippen LogP contribution in [0, 0.1) is 0 Å². The Kier molecular flexibility index (Phi) is 5.64. The van der Waals surface area contributed by atoms with Crippen LogP contribution in [0.5, 0.6) is 17.2 Å². The third-order valence-electron chi connectivity index (χ3n) is 5.81. The number of thiocarbonyl (C=S) groups is 1. The number of carbonyl (C=O) groups is 1. The van der Waals surface area contributed by atoms with Crippen molar-refractivity contribution in [3.63, 3.8) is 0 Å². The van der Waals surface area contributed by atoms with Gasteiger partial charge in [0, 0.05) is 6.07 Å². The largest absolute Gasteiger partial charge is 0.489 e. The number of hydrogen-bond acceptors (Lipinski definition) is 6. The van der Waals surface area contributed by atoms with E-state index in [0.29, 0.717) is 33.0 Å². The van der Waals surface area contributed by atoms with Gasteiger partial charge in [0.25, 0.3) is 5.91 Å². The van der Waals surface area contributed by atoms with Crippen molar-refractivity contribution in [1.82, 2.24) is 0 Å². The predicted molar refractivity (Wildman–Crippen MR) is 143 cm³/mol. The van der Waals surface area contributed by atoms with Crippen LogP contribution in [0.2, 0.25) is 0 Å². The summed E-state index contributed by atoms with van der Waals surface area (Å²) in [5, 5.41) is 2.41. The summed E-state index contributed by atoms with van der Waals surface area (Å²) in [7, 11) is 0. The summed E-state index contributed by atoms with van der Waals surface area (Å²) < 4.78 is 17.2. The quantitative estimate of drug-likeness (QED) is 0.230. The van der Waals surface area contributed by atoms with E-state index in [1.165, 1.54) is 27.4 Å². The zero-order valence-corrected chi connectivity index (χ0v) is 20.1. The molecule has 7 heteroatoms. The van der Waals surface area contributed by atoms with Crippen molar-refractivity contribution in [2.45, 2.75) is 6.61 Å². The molecule has 6 rings (SSSR count). The highest BCUT2D eigenvalue weighted by Crippen LogP contribution is 2.40. The fraction of sp³-hybridized carbons (Fsp3) is 0.0714. The molecule has 0 atom stereocenters. The summed E-state index contributed by atoms with van der Waals surface area (Å²) in [4.78, 5) is 15.2. The summed E-state index contributed by atoms with van der Waals surface area (Å²) in [5.41, 5.74) is 2.67. The van der Waals surface area contributed by atoms with Gasteiger partial charge in [-0.25, -0.2) is 0 Å². The molecule has 0 saturated carbocycles. The monoisotopic (exact) mass is 497 g/mol. The number of fused-ring (bicyclic) bond motifs is 2. The molecule has 0 spiro atoms. The Morgan fingerprint density at radius 2 is 1.71 bits per heavy atom. The number of rotatable bonds is 5. The van der Waals surface area contributed by atoms with Crippen LogP contribution in [0.4, 0.5) is 5.69 Å². The smallest absolute Gasteiger partial charge is 0.270 e. The number of benzene rings is 4. The molecule has 2 heterocycles. The first-order valence-electron chi connectivity index (χ1n) is 11.0. The van der Waals surface area contributed by atoms with Crippen LogP contribution >= 0.6 is 24.0 Å². The molecule has 1 amide bonds. The average Bonchev–Trinajstić information content (AvgIpc) is 3.46. The van der Waals surface area contributed by atoms with E-state index < -0.39 is 0 Å². The van der Waals surface area contributed by atoms with Crippen molar-refractivity contribution in [3.05, 3.63) is 101 Å². The van der Waals surface area contributed by atoms with E-state index >= 15 is 0 Å². The molecule has 4 aromatic carbocycles. The molecular formula is C28H19NO4S2. The Morgan fingerprint density at radius 1 is 0.914 bits per heavy atom. The van der Waals surface area contributed by atoms with Crippen LogP contribution in [0.1, 0.15) is 11.1 Å². The highest BCUT2D eigenvalue weighted by molar-refractivity contribution is 8.27. The summed E-state index contributed by atoms with van der Waals surface area (Å²) in [6.07, 6.45) is 1.85. The standard InChI is InChI=1S/C28H19NO4S2/c30-27-26(35-28(34)29(27)22-9-12-24-25(15-22)33-17-32-24)14-18-6-10-23(11-7-18)31-16-19-5-8-20-3-1-2-4-21(20)13-19/h1-15H,16-17H2/b26-14-. The molecule has 2 aliphatic rings. The number of nitrogens with zero attached hydrogens (tertiary/aromatic N) is 1. The van der Waals surface area contributed by atoms with E-state index in [0.717, 1.165) is 16.9 Å². The number of thioether (sulfide) groups is 1. The van der Waals surface area contributed by atoms with Crippen molar-refractivity contribution in [2.24, 2.45) is 0 Å². The summed E-state index contributed by atoms with van der Waals surface area (Å²) >= 11 is 6.77. The molecule has 0 unspecified atom stereocenters. The molecule has 4 aromatic rings. The number of amides is 1. The van der Waals surface area contributed by atoms with Gasteiger partial charge in [-0.15, -0.1) is 0 Å². The second-order valence-corrected chi connectivity index (χ2v) is 9.77. The summed E-state index contributed by atoms with van der Waals surface area (Å²) in [5.74, 6) is 1.89. The van der Waals surface area contributed by atoms with E-state index in [9.17, 15) is 4.79 Å². The maximum Gasteiger partial charge on any atom is 0.270 e. The molecule has 5 nitrogen and oxygen atoms in total. The van der Waals surface area contributed by atoms with Gasteiger partial charge in [-0.05, 0) is 58.3 Å². The minimum absolute atomic E-state index is 0.157. The number of anilines is 1. The van der Waals surface area contributed by atoms with Gasteiger partial charge in [0.05, 0.1) is 10.6 Å². The van der Waals surface area contributed by atoms with Gasteiger partial charge in [0.2, 0.25) is 6.79 Å². The first-order chi connectivity index (χ1) is 17.1. The third-order valence-corrected chi connectivity index (χ3v) is 7.11. The number of ether oxygens (including phenoxy) is 3. The first-order valence-corrected chi connectivity index (χ1v) is 12.2. The Morgan fingerprint density at radius 3 is 2.57 bits per heavy atom. The van der Waals surface area contributed by atoms with Crippen molar-refractivity contribution in [3.8, 4) is 17.2 Å². The maximum absolute atomic E-state index is 13.1. The zero-order chi connectivity index (χ0) is 23.8. The van der Waals surface area contributed by atoms with Crippen molar-refractivity contribution in [1.29, 1.82) is 0 Å². The van der Waals surface area contributed by atoms with Crippen molar-refractivity contribution in [2.75, 3.05) is 11.7 Å². The van der Waals surface area contributed by atoms with Crippen LogP contribution < -0.4 is 19.1 Å². The molecule has 1 fully saturated rings. The topological polar surface area (TPSA) is 48.0 Å². The molecule has 35 heavy (non-hydrogen) atoms. The summed E-state index contributed by atoms with van der Waals surface area (Å²) in [6.45, 7) is 0.664. The van der Waals surface area contributed by atoms with Crippen LogP contribution in [0.15, 0.2) is 89.8 Å². The maximum atomic E-state index is 13.1. The Hall–Kier alpha value is -3.81. The van der Waals surface area contributed by atoms with E-state index in [4.69, 9.17) is 26.4 Å². The molecule has 172 valence electrons. The lowest BCUT2D eigenvalue weighted by atomic mass is 10.1. The zero-order valence-electron chi connectivity index (χ0n) is 18.5. The molecular weight excluding hydrogens is 478 g/mol. The lowest BCUT2D eigenvalue weighted by Gasteiger charge is -2.14. The van der Waals surface area contributed by atoms with Gasteiger partial charge in [-0.1, -0.05) is 72.5 Å². The minimum atomic E-state index is -0.157. The van der Waals surface area contributed by atoms with E-state index in [1.807, 2.05) is 48.5 Å². The number of hydrogen-bond donors (Lipinski definition) is 0. The van der Waals surface area contributed by atoms with E-state index in [2.05, 4.69) is 30.3 Å². The fourth-order valence-electron chi connectivity index (χ4n) is 4.02. The molecule has 2 aliphatic heterocycles. The Balaban J connectivity index is 1.14. The lowest BCUT2D eigenvalue weighted by molar-refractivity contribution is -0.113. The highest BCUT2D eigenvalue weighted by Gasteiger charge is 2.34. The average molecular weight is 498 g/mol. The normalized spacial score (nSPS) is 15.9. The van der Waals surface area contributed by atoms with Crippen LogP contribution in [0.3, 0.4) is 0 Å². The fourth-order valence-corrected chi connectivity index (χ4v) is 5.32. The van der Waals surface area contributed by atoms with Crippen LogP contribution in [-0.2, 0) is 11.4 Å². The SMILES string of the molecule is O=C1/C(=C/c2ccc(OCc3ccc4ccccc4c3)cc2)SC(=S)N1c1ccc2c(c1)OCO2. The molecule has 1 saturated heterocycles. The lowest BCUT2D eigenvalue weighted by Crippen LogP contribution is -2.27. The second kappa shape index (κ2) is 9.09. The van der Waals surface area contributed by atoms with Crippen molar-refractivity contribution >= 4 is 56.7 Å². The third kappa shape index (κ3) is 4.36. The van der Waals surface area contributed by atoms with Gasteiger partial charge in [-0.3, -0.25) is 9.69 Å². The summed E-state index contributed by atoms with van der Waals surface area (Å²) in [6, 6.07) is 27.7. The van der Waals surface area contributed by atoms with E-state index in [-0.39, 0.29) is 12.7 Å². The van der Waals surface area contributed by atoms with Gasteiger partial charge in [-0.2, -0.15) is 0 Å². The molecule has 0 N–H and O–H groups in total. The highest BCUT2D eigenvalue weighted by atomic mass is 32.2.